The number of halogens is 3. The van der Waals surface area contributed by atoms with E-state index in [9.17, 15) is 18.0 Å². The van der Waals surface area contributed by atoms with Gasteiger partial charge in [0.1, 0.15) is 24.3 Å². The SMILES string of the molecule is CC(=O)N(CCCN/C=C\N)c1ccc(OCc2coc(/C=C/c3ccc(C(F)(F)F)cc3)n2)cc1. The van der Waals surface area contributed by atoms with Gasteiger partial charge in [0.2, 0.25) is 11.8 Å². The minimum absolute atomic E-state index is 0.0579. The fourth-order valence-electron chi connectivity index (χ4n) is 3.25. The highest BCUT2D eigenvalue weighted by molar-refractivity contribution is 5.91. The van der Waals surface area contributed by atoms with E-state index in [1.807, 2.05) is 12.1 Å². The van der Waals surface area contributed by atoms with Gasteiger partial charge >= 0.3 is 6.18 Å². The van der Waals surface area contributed by atoms with Gasteiger partial charge in [0.25, 0.3) is 0 Å². The van der Waals surface area contributed by atoms with Crippen LogP contribution in [0, 0.1) is 0 Å². The molecule has 0 aliphatic carbocycles. The number of nitrogens with one attached hydrogen (secondary N) is 1. The van der Waals surface area contributed by atoms with Crippen molar-refractivity contribution in [2.75, 3.05) is 18.0 Å². The van der Waals surface area contributed by atoms with Crippen molar-refractivity contribution in [3.05, 3.63) is 89.9 Å². The first-order chi connectivity index (χ1) is 17.3. The number of carbonyl (C=O) groups is 1. The van der Waals surface area contributed by atoms with E-state index in [-0.39, 0.29) is 12.5 Å². The molecule has 190 valence electrons. The number of amides is 1. The van der Waals surface area contributed by atoms with Crippen LogP contribution < -0.4 is 20.7 Å². The first-order valence-electron chi connectivity index (χ1n) is 11.2. The maximum Gasteiger partial charge on any atom is 0.416 e. The molecule has 1 aromatic heterocycles. The number of benzene rings is 2. The fourth-order valence-corrected chi connectivity index (χ4v) is 3.25. The summed E-state index contributed by atoms with van der Waals surface area (Å²) in [5, 5.41) is 3.03. The Morgan fingerprint density at radius 3 is 2.50 bits per heavy atom. The summed E-state index contributed by atoms with van der Waals surface area (Å²) in [5.74, 6) is 0.844. The Labute approximate surface area is 207 Å². The quantitative estimate of drug-likeness (QED) is 0.351. The number of ether oxygens (including phenoxy) is 1. The van der Waals surface area contributed by atoms with Gasteiger partial charge in [-0.1, -0.05) is 12.1 Å². The lowest BCUT2D eigenvalue weighted by Crippen LogP contribution is -2.31. The third kappa shape index (κ3) is 7.93. The number of aromatic nitrogens is 1. The van der Waals surface area contributed by atoms with E-state index >= 15 is 0 Å². The van der Waals surface area contributed by atoms with Crippen molar-refractivity contribution in [1.29, 1.82) is 0 Å². The number of alkyl halides is 3. The highest BCUT2D eigenvalue weighted by Gasteiger charge is 2.29. The van der Waals surface area contributed by atoms with Crippen molar-refractivity contribution in [3.8, 4) is 5.75 Å². The van der Waals surface area contributed by atoms with Crippen LogP contribution in [0.3, 0.4) is 0 Å². The second kappa shape index (κ2) is 12.5. The molecule has 0 saturated heterocycles. The summed E-state index contributed by atoms with van der Waals surface area (Å²) in [6.45, 7) is 2.93. The van der Waals surface area contributed by atoms with Crippen LogP contribution in [0.5, 0.6) is 5.75 Å². The lowest BCUT2D eigenvalue weighted by atomic mass is 10.1. The number of nitrogens with zero attached hydrogens (tertiary/aromatic N) is 2. The number of carbonyl (C=O) groups excluding carboxylic acids is 1. The van der Waals surface area contributed by atoms with Crippen LogP contribution in [0.4, 0.5) is 18.9 Å². The summed E-state index contributed by atoms with van der Waals surface area (Å²) >= 11 is 0. The van der Waals surface area contributed by atoms with Crippen molar-refractivity contribution in [1.82, 2.24) is 10.3 Å². The number of anilines is 1. The fraction of sp³-hybridized carbons (Fsp3) is 0.231. The molecular formula is C26H27F3N4O3. The van der Waals surface area contributed by atoms with Crippen molar-refractivity contribution in [3.63, 3.8) is 0 Å². The highest BCUT2D eigenvalue weighted by Crippen LogP contribution is 2.29. The van der Waals surface area contributed by atoms with Gasteiger partial charge in [-0.3, -0.25) is 4.79 Å². The van der Waals surface area contributed by atoms with E-state index in [1.165, 1.54) is 31.5 Å². The molecule has 0 saturated carbocycles. The van der Waals surface area contributed by atoms with Gasteiger partial charge in [0, 0.05) is 44.2 Å². The topological polar surface area (TPSA) is 93.6 Å². The zero-order valence-corrected chi connectivity index (χ0v) is 19.7. The standard InChI is InChI=1S/C26H27F3N4O3/c1-19(34)33(16-2-14-31-15-13-30)23-8-10-24(11-9-23)35-17-22-18-36-25(32-22)12-5-20-3-6-21(7-4-20)26(27,28)29/h3-13,15,18,31H,2,14,16-17,30H2,1H3/b12-5+,15-13-. The van der Waals surface area contributed by atoms with E-state index in [4.69, 9.17) is 14.9 Å². The number of oxazole rings is 1. The molecule has 1 heterocycles. The smallest absolute Gasteiger partial charge is 0.416 e. The molecule has 3 aromatic rings. The molecule has 3 rings (SSSR count). The molecule has 0 atom stereocenters. The van der Waals surface area contributed by atoms with Crippen LogP contribution in [0.25, 0.3) is 12.2 Å². The molecule has 3 N–H and O–H groups in total. The third-order valence-electron chi connectivity index (χ3n) is 5.06. The predicted molar refractivity (Wildman–Crippen MR) is 132 cm³/mol. The molecule has 0 spiro atoms. The van der Waals surface area contributed by atoms with Gasteiger partial charge in [0.15, 0.2) is 0 Å². The minimum atomic E-state index is -4.37. The third-order valence-corrected chi connectivity index (χ3v) is 5.06. The first-order valence-corrected chi connectivity index (χ1v) is 11.2. The summed E-state index contributed by atoms with van der Waals surface area (Å²) in [5.41, 5.74) is 6.48. The highest BCUT2D eigenvalue weighted by atomic mass is 19.4. The van der Waals surface area contributed by atoms with E-state index in [0.29, 0.717) is 36.0 Å². The largest absolute Gasteiger partial charge is 0.487 e. The molecule has 0 aliphatic rings. The Bertz CT molecular complexity index is 1170. The van der Waals surface area contributed by atoms with E-state index in [0.717, 1.165) is 24.2 Å². The first kappa shape index (κ1) is 26.4. The maximum absolute atomic E-state index is 12.7. The second-order valence-corrected chi connectivity index (χ2v) is 7.75. The van der Waals surface area contributed by atoms with Crippen LogP contribution in [-0.2, 0) is 17.6 Å². The van der Waals surface area contributed by atoms with Crippen molar-refractivity contribution in [2.24, 2.45) is 5.73 Å². The monoisotopic (exact) mass is 500 g/mol. The van der Waals surface area contributed by atoms with E-state index < -0.39 is 11.7 Å². The molecule has 0 radical (unpaired) electrons. The molecule has 36 heavy (non-hydrogen) atoms. The van der Waals surface area contributed by atoms with Crippen LogP contribution in [0.1, 0.15) is 36.1 Å². The Hall–Kier alpha value is -4.21. The minimum Gasteiger partial charge on any atom is -0.487 e. The lowest BCUT2D eigenvalue weighted by Gasteiger charge is -2.21. The number of nitrogens with two attached hydrogens (primary N) is 1. The Morgan fingerprint density at radius 2 is 1.86 bits per heavy atom. The second-order valence-electron chi connectivity index (χ2n) is 7.75. The molecule has 0 bridgehead atoms. The summed E-state index contributed by atoms with van der Waals surface area (Å²) < 4.78 is 49.1. The summed E-state index contributed by atoms with van der Waals surface area (Å²) in [7, 11) is 0. The summed E-state index contributed by atoms with van der Waals surface area (Å²) in [6, 6.07) is 12.0. The molecule has 0 unspecified atom stereocenters. The van der Waals surface area contributed by atoms with Gasteiger partial charge in [-0.15, -0.1) is 0 Å². The van der Waals surface area contributed by atoms with Gasteiger partial charge in [0.05, 0.1) is 5.56 Å². The van der Waals surface area contributed by atoms with Gasteiger partial charge in [-0.2, -0.15) is 13.2 Å². The lowest BCUT2D eigenvalue weighted by molar-refractivity contribution is -0.137. The van der Waals surface area contributed by atoms with E-state index in [1.54, 1.807) is 35.4 Å². The zero-order chi connectivity index (χ0) is 26.0. The van der Waals surface area contributed by atoms with Gasteiger partial charge in [-0.25, -0.2) is 4.98 Å². The Kier molecular flexibility index (Phi) is 9.15. The normalized spacial score (nSPS) is 11.8. The average Bonchev–Trinajstić information content (AvgIpc) is 3.31. The van der Waals surface area contributed by atoms with Crippen LogP contribution >= 0.6 is 0 Å². The average molecular weight is 501 g/mol. The number of hydrogen-bond donors (Lipinski definition) is 2. The molecule has 10 heteroatoms. The molecule has 7 nitrogen and oxygen atoms in total. The summed E-state index contributed by atoms with van der Waals surface area (Å²) in [6.07, 6.45) is 4.09. The van der Waals surface area contributed by atoms with Crippen LogP contribution in [0.15, 0.2) is 71.6 Å². The van der Waals surface area contributed by atoms with Crippen molar-refractivity contribution < 1.29 is 27.1 Å². The molecule has 1 amide bonds. The van der Waals surface area contributed by atoms with Crippen molar-refractivity contribution >= 4 is 23.7 Å². The van der Waals surface area contributed by atoms with Gasteiger partial charge in [-0.05, 0) is 54.5 Å². The molecule has 0 fully saturated rings. The van der Waals surface area contributed by atoms with Crippen LogP contribution in [-0.4, -0.2) is 24.0 Å². The predicted octanol–water partition coefficient (Wildman–Crippen LogP) is 5.21. The van der Waals surface area contributed by atoms with Crippen LogP contribution in [0.2, 0.25) is 0 Å². The number of hydrogen-bond acceptors (Lipinski definition) is 6. The summed E-state index contributed by atoms with van der Waals surface area (Å²) in [4.78, 5) is 18.0. The Balaban J connectivity index is 1.52. The van der Waals surface area contributed by atoms with Gasteiger partial charge < -0.3 is 25.1 Å². The number of rotatable bonds is 11. The van der Waals surface area contributed by atoms with Crippen molar-refractivity contribution in [2.45, 2.75) is 26.1 Å². The molecule has 2 aromatic carbocycles. The zero-order valence-electron chi connectivity index (χ0n) is 19.7. The molecule has 0 aliphatic heterocycles. The van der Waals surface area contributed by atoms with E-state index in [2.05, 4.69) is 10.3 Å². The Morgan fingerprint density at radius 1 is 1.14 bits per heavy atom. The molecular weight excluding hydrogens is 473 g/mol. The maximum atomic E-state index is 12.7.